The van der Waals surface area contributed by atoms with Crippen LogP contribution in [-0.4, -0.2) is 83.1 Å². The molecule has 3 aromatic rings. The zero-order valence-corrected chi connectivity index (χ0v) is 21.3. The molecule has 9 heteroatoms. The molecule has 3 aliphatic carbocycles. The van der Waals surface area contributed by atoms with E-state index in [9.17, 15) is 0 Å². The van der Waals surface area contributed by atoms with E-state index in [4.69, 9.17) is 31.3 Å². The highest BCUT2D eigenvalue weighted by Gasteiger charge is 2.62. The number of halogens is 1. The van der Waals surface area contributed by atoms with Crippen molar-refractivity contribution in [1.29, 1.82) is 0 Å². The maximum Gasteiger partial charge on any atom is 0.103 e. The molecular formula is C26H33ClN6O2. The van der Waals surface area contributed by atoms with Gasteiger partial charge in [-0.3, -0.25) is 9.58 Å². The molecule has 0 spiro atoms. The quantitative estimate of drug-likeness (QED) is 0.518. The van der Waals surface area contributed by atoms with Crippen LogP contribution in [0.4, 0.5) is 5.69 Å². The van der Waals surface area contributed by atoms with E-state index in [1.165, 1.54) is 12.8 Å². The molecule has 3 saturated carbocycles. The summed E-state index contributed by atoms with van der Waals surface area (Å²) in [7, 11) is 1.81. The maximum absolute atomic E-state index is 6.77. The second-order valence-electron chi connectivity index (χ2n) is 11.5. The lowest BCUT2D eigenvalue weighted by molar-refractivity contribution is -0.131. The fourth-order valence-electron chi connectivity index (χ4n) is 7.19. The predicted molar refractivity (Wildman–Crippen MR) is 136 cm³/mol. The number of hydrogen-bond donors (Lipinski definition) is 0. The summed E-state index contributed by atoms with van der Waals surface area (Å²) in [6, 6.07) is 4.25. The van der Waals surface area contributed by atoms with Gasteiger partial charge in [0.1, 0.15) is 5.69 Å². The lowest BCUT2D eigenvalue weighted by Gasteiger charge is -2.50. The van der Waals surface area contributed by atoms with E-state index in [2.05, 4.69) is 33.7 Å². The Morgan fingerprint density at radius 2 is 1.86 bits per heavy atom. The first kappa shape index (κ1) is 22.1. The van der Waals surface area contributed by atoms with Gasteiger partial charge in [-0.05, 0) is 50.2 Å². The lowest BCUT2D eigenvalue weighted by Crippen LogP contribution is -2.64. The Labute approximate surface area is 210 Å². The second-order valence-corrected chi connectivity index (χ2v) is 11.9. The van der Waals surface area contributed by atoms with Crippen LogP contribution < -0.4 is 4.90 Å². The van der Waals surface area contributed by atoms with Crippen molar-refractivity contribution in [1.82, 2.24) is 24.5 Å². The van der Waals surface area contributed by atoms with Crippen LogP contribution in [0.15, 0.2) is 30.7 Å². The number of hydrogen-bond acceptors (Lipinski definition) is 6. The van der Waals surface area contributed by atoms with Gasteiger partial charge in [-0.2, -0.15) is 10.2 Å². The highest BCUT2D eigenvalue weighted by molar-refractivity contribution is 6.34. The number of anilines is 1. The molecule has 5 aliphatic rings. The molecule has 8 nitrogen and oxygen atoms in total. The zero-order chi connectivity index (χ0) is 23.8. The molecule has 2 bridgehead atoms. The molecule has 0 N–H and O–H groups in total. The maximum atomic E-state index is 6.77. The number of nitrogens with zero attached hydrogens (tertiary/aromatic N) is 6. The molecule has 186 valence electrons. The van der Waals surface area contributed by atoms with Crippen LogP contribution in [0.5, 0.6) is 0 Å². The minimum absolute atomic E-state index is 0.149. The molecule has 35 heavy (non-hydrogen) atoms. The number of ether oxygens (including phenoxy) is 2. The van der Waals surface area contributed by atoms with Crippen molar-refractivity contribution in [3.63, 3.8) is 0 Å². The van der Waals surface area contributed by atoms with Crippen LogP contribution in [0.2, 0.25) is 5.02 Å². The number of piperazine rings is 1. The van der Waals surface area contributed by atoms with Gasteiger partial charge in [0.25, 0.3) is 0 Å². The van der Waals surface area contributed by atoms with Gasteiger partial charge in [0.2, 0.25) is 0 Å². The third kappa shape index (κ3) is 3.30. The Hall–Kier alpha value is -2.13. The molecule has 2 aromatic heterocycles. The molecule has 2 aliphatic heterocycles. The topological polar surface area (TPSA) is 60.6 Å². The fourth-order valence-corrected chi connectivity index (χ4v) is 7.48. The number of aromatic nitrogens is 4. The number of fused-ring (bicyclic) bond motifs is 2. The average Bonchev–Trinajstić information content (AvgIpc) is 3.59. The minimum Gasteiger partial charge on any atom is -0.384 e. The predicted octanol–water partition coefficient (Wildman–Crippen LogP) is 3.70. The highest BCUT2D eigenvalue weighted by atomic mass is 35.5. The summed E-state index contributed by atoms with van der Waals surface area (Å²) in [5.41, 5.74) is 3.86. The fraction of sp³-hybridized carbons (Fsp3) is 0.615. The van der Waals surface area contributed by atoms with E-state index in [-0.39, 0.29) is 11.1 Å². The van der Waals surface area contributed by atoms with Crippen LogP contribution in [0, 0.1) is 5.41 Å². The van der Waals surface area contributed by atoms with Crippen LogP contribution in [0.3, 0.4) is 0 Å². The van der Waals surface area contributed by atoms with Crippen molar-refractivity contribution in [3.05, 3.63) is 35.7 Å². The molecule has 4 heterocycles. The van der Waals surface area contributed by atoms with Crippen molar-refractivity contribution in [2.75, 3.05) is 58.0 Å². The van der Waals surface area contributed by atoms with Crippen molar-refractivity contribution in [2.24, 2.45) is 5.41 Å². The van der Waals surface area contributed by atoms with Crippen molar-refractivity contribution >= 4 is 28.2 Å². The molecule has 0 atom stereocenters. The van der Waals surface area contributed by atoms with Crippen LogP contribution in [0.25, 0.3) is 16.6 Å². The molecule has 8 rings (SSSR count). The summed E-state index contributed by atoms with van der Waals surface area (Å²) in [5.74, 6) is 0. The first-order valence-electron chi connectivity index (χ1n) is 12.7. The smallest absolute Gasteiger partial charge is 0.103 e. The van der Waals surface area contributed by atoms with Gasteiger partial charge in [0.05, 0.1) is 65.7 Å². The van der Waals surface area contributed by atoms with E-state index in [1.54, 1.807) is 0 Å². The van der Waals surface area contributed by atoms with Crippen LogP contribution in [-0.2, 0) is 15.0 Å². The molecule has 0 amide bonds. The molecular weight excluding hydrogens is 464 g/mol. The third-order valence-corrected chi connectivity index (χ3v) is 9.43. The van der Waals surface area contributed by atoms with Crippen LogP contribution in [0.1, 0.15) is 32.6 Å². The largest absolute Gasteiger partial charge is 0.384 e. The van der Waals surface area contributed by atoms with Gasteiger partial charge in [0, 0.05) is 38.7 Å². The average molecular weight is 497 g/mol. The molecule has 0 unspecified atom stereocenters. The normalized spacial score (nSPS) is 30.0. The lowest BCUT2D eigenvalue weighted by atomic mass is 9.65. The van der Waals surface area contributed by atoms with E-state index in [0.717, 1.165) is 86.1 Å². The van der Waals surface area contributed by atoms with Gasteiger partial charge in [-0.15, -0.1) is 0 Å². The molecule has 5 fully saturated rings. The molecule has 0 radical (unpaired) electrons. The number of methoxy groups -OCH3 is 1. The van der Waals surface area contributed by atoms with Crippen molar-refractivity contribution in [3.8, 4) is 5.69 Å². The number of rotatable bonds is 6. The van der Waals surface area contributed by atoms with E-state index >= 15 is 0 Å². The van der Waals surface area contributed by atoms with E-state index in [0.29, 0.717) is 5.41 Å². The summed E-state index contributed by atoms with van der Waals surface area (Å²) in [6.45, 7) is 8.78. The summed E-state index contributed by atoms with van der Waals surface area (Å²) in [4.78, 5) is 4.96. The third-order valence-electron chi connectivity index (χ3n) is 9.13. The summed E-state index contributed by atoms with van der Waals surface area (Å²) in [6.07, 6.45) is 10.7. The molecule has 2 saturated heterocycles. The summed E-state index contributed by atoms with van der Waals surface area (Å²) < 4.78 is 15.2. The Morgan fingerprint density at radius 1 is 1.06 bits per heavy atom. The standard InChI is InChI=1S/C26H33ClN6O2/c1-24(16-35-17-24)31-7-5-30(6-8-31)23-10-22-19(9-21(23)27)11-29-33(22)20-12-28-32(13-20)26-4-3-25(14-26,15-26)18-34-2/h9-13H,3-8,14-18H2,1-2H3. The Morgan fingerprint density at radius 3 is 2.57 bits per heavy atom. The van der Waals surface area contributed by atoms with Gasteiger partial charge in [-0.1, -0.05) is 11.6 Å². The highest BCUT2D eigenvalue weighted by Crippen LogP contribution is 2.65. The van der Waals surface area contributed by atoms with Gasteiger partial charge < -0.3 is 14.4 Å². The van der Waals surface area contributed by atoms with E-state index < -0.39 is 0 Å². The second kappa shape index (κ2) is 7.68. The molecule has 1 aromatic carbocycles. The first-order chi connectivity index (χ1) is 16.9. The Kier molecular flexibility index (Phi) is 4.85. The monoisotopic (exact) mass is 496 g/mol. The van der Waals surface area contributed by atoms with Gasteiger partial charge in [-0.25, -0.2) is 4.68 Å². The Balaban J connectivity index is 1.14. The first-order valence-corrected chi connectivity index (χ1v) is 13.1. The van der Waals surface area contributed by atoms with Gasteiger partial charge >= 0.3 is 0 Å². The SMILES string of the molecule is COCC12CCC(n3cc(-n4ncc5cc(Cl)c(N6CCN(C7(C)COC7)CC6)cc54)cn3)(C1)C2. The van der Waals surface area contributed by atoms with Crippen molar-refractivity contribution < 1.29 is 9.47 Å². The number of benzene rings is 1. The van der Waals surface area contributed by atoms with Crippen molar-refractivity contribution in [2.45, 2.75) is 43.7 Å². The van der Waals surface area contributed by atoms with Crippen LogP contribution >= 0.6 is 11.6 Å². The Bertz CT molecular complexity index is 1270. The van der Waals surface area contributed by atoms with E-state index in [1.807, 2.05) is 30.3 Å². The minimum atomic E-state index is 0.149. The summed E-state index contributed by atoms with van der Waals surface area (Å²) in [5, 5.41) is 11.4. The zero-order valence-electron chi connectivity index (χ0n) is 20.5. The van der Waals surface area contributed by atoms with Gasteiger partial charge in [0.15, 0.2) is 0 Å². The summed E-state index contributed by atoms with van der Waals surface area (Å²) >= 11 is 6.77.